The molecule has 1 aromatic heterocycles. The Morgan fingerprint density at radius 1 is 1.61 bits per heavy atom. The molecule has 0 bridgehead atoms. The van der Waals surface area contributed by atoms with Crippen LogP contribution in [-0.2, 0) is 4.74 Å². The summed E-state index contributed by atoms with van der Waals surface area (Å²) in [5, 5.41) is 0. The van der Waals surface area contributed by atoms with Gasteiger partial charge in [0.2, 0.25) is 0 Å². The highest BCUT2D eigenvalue weighted by Gasteiger charge is 2.27. The summed E-state index contributed by atoms with van der Waals surface area (Å²) in [5.41, 5.74) is 0. The number of thiophene rings is 1. The molecule has 0 aliphatic carbocycles. The zero-order valence-corrected chi connectivity index (χ0v) is 12.3. The van der Waals surface area contributed by atoms with Crippen LogP contribution in [0.2, 0.25) is 4.34 Å². The number of methoxy groups -OCH3 is 1. The average Bonchev–Trinajstić information content (AvgIpc) is 2.78. The summed E-state index contributed by atoms with van der Waals surface area (Å²) in [6.07, 6.45) is 1.32. The van der Waals surface area contributed by atoms with Crippen LogP contribution in [0.25, 0.3) is 0 Å². The summed E-state index contributed by atoms with van der Waals surface area (Å²) in [6.45, 7) is 4.46. The van der Waals surface area contributed by atoms with E-state index in [1.807, 2.05) is 0 Å². The van der Waals surface area contributed by atoms with Crippen LogP contribution >= 0.6 is 22.9 Å². The van der Waals surface area contributed by atoms with E-state index in [-0.39, 0.29) is 11.9 Å². The van der Waals surface area contributed by atoms with Crippen LogP contribution in [0.15, 0.2) is 12.1 Å². The molecule has 1 aromatic rings. The molecule has 1 aliphatic heterocycles. The molecule has 5 heteroatoms. The fourth-order valence-corrected chi connectivity index (χ4v) is 3.27. The number of nitrogens with zero attached hydrogens (tertiary/aromatic N) is 1. The van der Waals surface area contributed by atoms with E-state index in [0.717, 1.165) is 24.4 Å². The Morgan fingerprint density at radius 2 is 2.39 bits per heavy atom. The van der Waals surface area contributed by atoms with Gasteiger partial charge in [-0.2, -0.15) is 0 Å². The molecule has 2 atom stereocenters. The molecule has 0 spiro atoms. The molecule has 0 aromatic carbocycles. The van der Waals surface area contributed by atoms with Crippen LogP contribution < -0.4 is 0 Å². The van der Waals surface area contributed by atoms with Crippen molar-refractivity contribution in [1.82, 2.24) is 4.90 Å². The van der Waals surface area contributed by atoms with E-state index in [2.05, 4.69) is 11.8 Å². The number of carbonyl (C=O) groups excluding carboxylic acids is 1. The Labute approximate surface area is 117 Å². The number of piperidine rings is 1. The van der Waals surface area contributed by atoms with Gasteiger partial charge in [0.05, 0.1) is 21.9 Å². The van der Waals surface area contributed by atoms with Gasteiger partial charge >= 0.3 is 0 Å². The standard InChI is InChI=1S/C13H18ClNO2S/c1-9-5-6-15(8-11(9)17-2)7-10(16)12-3-4-13(14)18-12/h3-4,9,11H,5-8H2,1-2H3. The number of ketones is 1. The summed E-state index contributed by atoms with van der Waals surface area (Å²) in [5.74, 6) is 0.717. The third-order valence-electron chi connectivity index (χ3n) is 3.49. The Bertz CT molecular complexity index is 421. The normalized spacial score (nSPS) is 25.3. The molecule has 2 unspecified atom stereocenters. The second-order valence-corrected chi connectivity index (χ2v) is 6.52. The Kier molecular flexibility index (Phi) is 4.78. The lowest BCUT2D eigenvalue weighted by Crippen LogP contribution is -2.45. The van der Waals surface area contributed by atoms with E-state index in [9.17, 15) is 4.79 Å². The number of ether oxygens (including phenoxy) is 1. The molecule has 2 rings (SSSR count). The van der Waals surface area contributed by atoms with Crippen LogP contribution in [0.5, 0.6) is 0 Å². The SMILES string of the molecule is COC1CN(CC(=O)c2ccc(Cl)s2)CCC1C. The summed E-state index contributed by atoms with van der Waals surface area (Å²) in [7, 11) is 1.74. The summed E-state index contributed by atoms with van der Waals surface area (Å²) in [4.78, 5) is 15.0. The van der Waals surface area contributed by atoms with Gasteiger partial charge in [-0.15, -0.1) is 11.3 Å². The van der Waals surface area contributed by atoms with Gasteiger partial charge in [-0.1, -0.05) is 18.5 Å². The molecule has 0 radical (unpaired) electrons. The predicted octanol–water partition coefficient (Wildman–Crippen LogP) is 2.94. The van der Waals surface area contributed by atoms with Crippen LogP contribution in [0.3, 0.4) is 0 Å². The second-order valence-electron chi connectivity index (χ2n) is 4.80. The minimum absolute atomic E-state index is 0.149. The number of carbonyl (C=O) groups is 1. The maximum absolute atomic E-state index is 12.1. The maximum atomic E-state index is 12.1. The lowest BCUT2D eigenvalue weighted by Gasteiger charge is -2.35. The second kappa shape index (κ2) is 6.15. The molecule has 1 fully saturated rings. The molecule has 2 heterocycles. The molecule has 0 saturated carbocycles. The Balaban J connectivity index is 1.92. The zero-order valence-electron chi connectivity index (χ0n) is 10.7. The van der Waals surface area contributed by atoms with Crippen LogP contribution in [0, 0.1) is 5.92 Å². The highest BCUT2D eigenvalue weighted by Crippen LogP contribution is 2.23. The highest BCUT2D eigenvalue weighted by atomic mass is 35.5. The largest absolute Gasteiger partial charge is 0.380 e. The number of rotatable bonds is 4. The van der Waals surface area contributed by atoms with E-state index < -0.39 is 0 Å². The molecular weight excluding hydrogens is 270 g/mol. The van der Waals surface area contributed by atoms with Crippen LogP contribution in [-0.4, -0.2) is 43.5 Å². The highest BCUT2D eigenvalue weighted by molar-refractivity contribution is 7.18. The molecule has 1 saturated heterocycles. The summed E-state index contributed by atoms with van der Waals surface area (Å²) < 4.78 is 6.12. The Hall–Kier alpha value is -0.420. The van der Waals surface area contributed by atoms with E-state index in [1.54, 1.807) is 19.2 Å². The number of hydrogen-bond donors (Lipinski definition) is 0. The van der Waals surface area contributed by atoms with Gasteiger partial charge in [0, 0.05) is 13.7 Å². The predicted molar refractivity (Wildman–Crippen MR) is 74.7 cm³/mol. The monoisotopic (exact) mass is 287 g/mol. The minimum Gasteiger partial charge on any atom is -0.380 e. The van der Waals surface area contributed by atoms with Crippen molar-refractivity contribution in [2.45, 2.75) is 19.4 Å². The van der Waals surface area contributed by atoms with E-state index in [0.29, 0.717) is 16.8 Å². The summed E-state index contributed by atoms with van der Waals surface area (Å²) >= 11 is 7.19. The quantitative estimate of drug-likeness (QED) is 0.798. The van der Waals surface area contributed by atoms with Gasteiger partial charge in [-0.25, -0.2) is 0 Å². The number of likely N-dealkylation sites (tertiary alicyclic amines) is 1. The number of hydrogen-bond acceptors (Lipinski definition) is 4. The van der Waals surface area contributed by atoms with Crippen LogP contribution in [0.1, 0.15) is 23.0 Å². The van der Waals surface area contributed by atoms with Crippen molar-refractivity contribution in [1.29, 1.82) is 0 Å². The number of Topliss-reactive ketones (excluding diaryl/α,β-unsaturated/α-hetero) is 1. The first-order chi connectivity index (χ1) is 8.60. The Morgan fingerprint density at radius 3 is 3.00 bits per heavy atom. The zero-order chi connectivity index (χ0) is 13.1. The first kappa shape index (κ1) is 14.0. The molecular formula is C13H18ClNO2S. The molecule has 0 amide bonds. The first-order valence-corrected chi connectivity index (χ1v) is 7.33. The van der Waals surface area contributed by atoms with E-state index >= 15 is 0 Å². The van der Waals surface area contributed by atoms with Gasteiger partial charge in [0.15, 0.2) is 5.78 Å². The van der Waals surface area contributed by atoms with Crippen molar-refractivity contribution < 1.29 is 9.53 Å². The van der Waals surface area contributed by atoms with Gasteiger partial charge < -0.3 is 4.74 Å². The van der Waals surface area contributed by atoms with E-state index in [1.165, 1.54) is 11.3 Å². The van der Waals surface area contributed by atoms with Crippen LogP contribution in [0.4, 0.5) is 0 Å². The molecule has 1 aliphatic rings. The molecule has 100 valence electrons. The minimum atomic E-state index is 0.149. The van der Waals surface area contributed by atoms with Crippen molar-refractivity contribution in [3.8, 4) is 0 Å². The fourth-order valence-electron chi connectivity index (χ4n) is 2.29. The topological polar surface area (TPSA) is 29.5 Å². The lowest BCUT2D eigenvalue weighted by atomic mass is 9.95. The lowest BCUT2D eigenvalue weighted by molar-refractivity contribution is -0.00320. The molecule has 18 heavy (non-hydrogen) atoms. The van der Waals surface area contributed by atoms with Gasteiger partial charge in [-0.05, 0) is 31.0 Å². The van der Waals surface area contributed by atoms with Gasteiger partial charge in [-0.3, -0.25) is 9.69 Å². The van der Waals surface area contributed by atoms with Gasteiger partial charge in [0.1, 0.15) is 0 Å². The number of halogens is 1. The van der Waals surface area contributed by atoms with Crippen molar-refractivity contribution in [2.75, 3.05) is 26.7 Å². The third kappa shape index (κ3) is 3.32. The fraction of sp³-hybridized carbons (Fsp3) is 0.615. The van der Waals surface area contributed by atoms with Crippen molar-refractivity contribution >= 4 is 28.7 Å². The third-order valence-corrected chi connectivity index (χ3v) is 4.76. The van der Waals surface area contributed by atoms with Gasteiger partial charge in [0.25, 0.3) is 0 Å². The molecule has 0 N–H and O–H groups in total. The van der Waals surface area contributed by atoms with E-state index in [4.69, 9.17) is 16.3 Å². The maximum Gasteiger partial charge on any atom is 0.186 e. The smallest absolute Gasteiger partial charge is 0.186 e. The first-order valence-electron chi connectivity index (χ1n) is 6.14. The van der Waals surface area contributed by atoms with Crippen molar-refractivity contribution in [2.24, 2.45) is 5.92 Å². The van der Waals surface area contributed by atoms with Crippen molar-refractivity contribution in [3.05, 3.63) is 21.3 Å². The van der Waals surface area contributed by atoms with Crippen molar-refractivity contribution in [3.63, 3.8) is 0 Å². The summed E-state index contributed by atoms with van der Waals surface area (Å²) in [6, 6.07) is 3.57. The molecule has 3 nitrogen and oxygen atoms in total. The average molecular weight is 288 g/mol.